The molecule has 0 aromatic heterocycles. The Labute approximate surface area is 131 Å². The fourth-order valence-corrected chi connectivity index (χ4v) is 4.90. The molecule has 22 heavy (non-hydrogen) atoms. The van der Waals surface area contributed by atoms with Gasteiger partial charge in [0.1, 0.15) is 0 Å². The van der Waals surface area contributed by atoms with E-state index in [1.165, 1.54) is 32.1 Å². The second-order valence-corrected chi connectivity index (χ2v) is 7.93. The summed E-state index contributed by atoms with van der Waals surface area (Å²) in [4.78, 5) is 26.2. The number of carboxylic acids is 1. The smallest absolute Gasteiger partial charge is 0.317 e. The molecular weight excluding hydrogens is 280 g/mol. The number of nitrogens with one attached hydrogen (secondary N) is 1. The van der Waals surface area contributed by atoms with Crippen LogP contribution < -0.4 is 5.32 Å². The van der Waals surface area contributed by atoms with Gasteiger partial charge in [0.05, 0.1) is 5.41 Å². The van der Waals surface area contributed by atoms with Gasteiger partial charge in [-0.2, -0.15) is 0 Å². The van der Waals surface area contributed by atoms with E-state index in [4.69, 9.17) is 0 Å². The summed E-state index contributed by atoms with van der Waals surface area (Å²) < 4.78 is 0. The van der Waals surface area contributed by atoms with Crippen molar-refractivity contribution in [1.29, 1.82) is 0 Å². The zero-order valence-corrected chi connectivity index (χ0v) is 13.1. The van der Waals surface area contributed by atoms with E-state index in [0.717, 1.165) is 19.3 Å². The van der Waals surface area contributed by atoms with Gasteiger partial charge >= 0.3 is 12.0 Å². The predicted octanol–water partition coefficient (Wildman–Crippen LogP) is 2.46. The molecule has 4 rings (SSSR count). The predicted molar refractivity (Wildman–Crippen MR) is 81.4 cm³/mol. The number of hydrogen-bond acceptors (Lipinski definition) is 2. The summed E-state index contributed by atoms with van der Waals surface area (Å²) in [7, 11) is 0. The van der Waals surface area contributed by atoms with Crippen LogP contribution >= 0.6 is 0 Å². The summed E-state index contributed by atoms with van der Waals surface area (Å²) in [6, 6.07) is 0.321. The van der Waals surface area contributed by atoms with Gasteiger partial charge in [0.15, 0.2) is 0 Å². The quantitative estimate of drug-likeness (QED) is 0.838. The van der Waals surface area contributed by atoms with Crippen LogP contribution in [0.2, 0.25) is 0 Å². The van der Waals surface area contributed by atoms with Crippen LogP contribution in [0.15, 0.2) is 0 Å². The number of likely N-dealkylation sites (tertiary alicyclic amines) is 1. The van der Waals surface area contributed by atoms with E-state index in [2.05, 4.69) is 5.32 Å². The largest absolute Gasteiger partial charge is 0.481 e. The molecular formula is C17H26N2O3. The molecule has 4 fully saturated rings. The van der Waals surface area contributed by atoms with Crippen molar-refractivity contribution >= 4 is 12.0 Å². The van der Waals surface area contributed by atoms with Crippen molar-refractivity contribution < 1.29 is 14.7 Å². The molecule has 0 bridgehead atoms. The summed E-state index contributed by atoms with van der Waals surface area (Å²) in [5.41, 5.74) is -0.664. The molecule has 0 radical (unpaired) electrons. The Morgan fingerprint density at radius 2 is 1.82 bits per heavy atom. The highest BCUT2D eigenvalue weighted by Gasteiger charge is 2.56. The van der Waals surface area contributed by atoms with Crippen molar-refractivity contribution in [2.24, 2.45) is 23.2 Å². The first-order valence-corrected chi connectivity index (χ1v) is 8.89. The van der Waals surface area contributed by atoms with Crippen LogP contribution in [0.4, 0.5) is 4.79 Å². The topological polar surface area (TPSA) is 69.6 Å². The molecule has 2 N–H and O–H groups in total. The number of carbonyl (C=O) groups is 2. The Morgan fingerprint density at radius 3 is 2.36 bits per heavy atom. The van der Waals surface area contributed by atoms with Gasteiger partial charge in [-0.3, -0.25) is 4.79 Å². The highest BCUT2D eigenvalue weighted by molar-refractivity contribution is 5.80. The number of carbonyl (C=O) groups excluding carboxylic acids is 1. The van der Waals surface area contributed by atoms with Gasteiger partial charge in [-0.25, -0.2) is 4.79 Å². The maximum Gasteiger partial charge on any atom is 0.317 e. The zero-order valence-electron chi connectivity index (χ0n) is 13.1. The van der Waals surface area contributed by atoms with Crippen LogP contribution in [0.3, 0.4) is 0 Å². The van der Waals surface area contributed by atoms with Gasteiger partial charge < -0.3 is 15.3 Å². The first-order chi connectivity index (χ1) is 10.6. The second kappa shape index (κ2) is 5.14. The van der Waals surface area contributed by atoms with Crippen LogP contribution in [-0.2, 0) is 4.79 Å². The van der Waals surface area contributed by atoms with Crippen LogP contribution in [0.5, 0.6) is 0 Å². The van der Waals surface area contributed by atoms with Gasteiger partial charge in [0.2, 0.25) is 0 Å². The van der Waals surface area contributed by atoms with Crippen molar-refractivity contribution in [3.8, 4) is 0 Å². The normalized spacial score (nSPS) is 35.8. The van der Waals surface area contributed by atoms with Crippen molar-refractivity contribution in [3.63, 3.8) is 0 Å². The lowest BCUT2D eigenvalue weighted by atomic mass is 9.78. The fourth-order valence-electron chi connectivity index (χ4n) is 4.90. The number of nitrogens with zero attached hydrogens (tertiary/aromatic N) is 1. The number of rotatable bonds is 4. The van der Waals surface area contributed by atoms with Gasteiger partial charge in [-0.15, -0.1) is 0 Å². The summed E-state index contributed by atoms with van der Waals surface area (Å²) >= 11 is 0. The van der Waals surface area contributed by atoms with E-state index in [0.29, 0.717) is 31.0 Å². The van der Waals surface area contributed by atoms with Crippen molar-refractivity contribution in [2.75, 3.05) is 13.1 Å². The second-order valence-electron chi connectivity index (χ2n) is 7.93. The van der Waals surface area contributed by atoms with E-state index in [9.17, 15) is 14.7 Å². The zero-order chi connectivity index (χ0) is 15.3. The van der Waals surface area contributed by atoms with E-state index >= 15 is 0 Å². The molecule has 1 unspecified atom stereocenters. The van der Waals surface area contributed by atoms with Crippen LogP contribution in [0, 0.1) is 23.2 Å². The molecule has 0 spiro atoms. The molecule has 1 heterocycles. The van der Waals surface area contributed by atoms with Crippen LogP contribution in [-0.4, -0.2) is 41.1 Å². The molecule has 122 valence electrons. The third-order valence-corrected chi connectivity index (χ3v) is 6.66. The first-order valence-electron chi connectivity index (χ1n) is 8.89. The van der Waals surface area contributed by atoms with Gasteiger partial charge in [-0.05, 0) is 56.3 Å². The Morgan fingerprint density at radius 1 is 1.09 bits per heavy atom. The molecule has 5 heteroatoms. The SMILES string of the molecule is O=C(NC(C1CCC1)C1CC1)N1C[C@@H]2CCC[C@@]2(C(=O)O)C1. The third-order valence-electron chi connectivity index (χ3n) is 6.66. The minimum absolute atomic E-state index is 0.0150. The maximum atomic E-state index is 12.7. The lowest BCUT2D eigenvalue weighted by Crippen LogP contribution is -2.50. The van der Waals surface area contributed by atoms with Gasteiger partial charge in [-0.1, -0.05) is 12.8 Å². The van der Waals surface area contributed by atoms with Crippen LogP contribution in [0.25, 0.3) is 0 Å². The maximum absolute atomic E-state index is 12.7. The lowest BCUT2D eigenvalue weighted by Gasteiger charge is -2.35. The molecule has 2 amide bonds. The number of carboxylic acid groups (broad SMARTS) is 1. The molecule has 3 atom stereocenters. The average Bonchev–Trinajstić information content (AvgIpc) is 3.05. The Kier molecular flexibility index (Phi) is 3.35. The molecule has 3 aliphatic carbocycles. The molecule has 1 saturated heterocycles. The molecule has 1 aliphatic heterocycles. The molecule has 0 aromatic rings. The Bertz CT molecular complexity index is 486. The van der Waals surface area contributed by atoms with Gasteiger partial charge in [0.25, 0.3) is 0 Å². The minimum Gasteiger partial charge on any atom is -0.481 e. The number of hydrogen-bond donors (Lipinski definition) is 2. The van der Waals surface area contributed by atoms with Crippen molar-refractivity contribution in [2.45, 2.75) is 57.4 Å². The van der Waals surface area contributed by atoms with Crippen LogP contribution in [0.1, 0.15) is 51.4 Å². The van der Waals surface area contributed by atoms with E-state index in [-0.39, 0.29) is 11.9 Å². The lowest BCUT2D eigenvalue weighted by molar-refractivity contribution is -0.149. The van der Waals surface area contributed by atoms with Gasteiger partial charge in [0, 0.05) is 19.1 Å². The number of aliphatic carboxylic acids is 1. The fraction of sp³-hybridized carbons (Fsp3) is 0.882. The molecule has 4 aliphatic rings. The highest BCUT2D eigenvalue weighted by Crippen LogP contribution is 2.49. The minimum atomic E-state index is -0.706. The van der Waals surface area contributed by atoms with Crippen molar-refractivity contribution in [1.82, 2.24) is 10.2 Å². The summed E-state index contributed by atoms with van der Waals surface area (Å²) in [5, 5.41) is 12.9. The van der Waals surface area contributed by atoms with E-state index in [1.54, 1.807) is 4.90 Å². The molecule has 0 aromatic carbocycles. The number of urea groups is 1. The number of fused-ring (bicyclic) bond motifs is 1. The number of amides is 2. The standard InChI is InChI=1S/C17H26N2O3/c20-15(21)17-8-2-5-13(17)9-19(10-17)16(22)18-14(12-6-7-12)11-3-1-4-11/h11-14H,1-10H2,(H,18,22)(H,20,21)/t13-,14?,17+/m0/s1. The summed E-state index contributed by atoms with van der Waals surface area (Å²) in [6.07, 6.45) is 8.91. The monoisotopic (exact) mass is 306 g/mol. The summed E-state index contributed by atoms with van der Waals surface area (Å²) in [5.74, 6) is 0.777. The first kappa shape index (κ1) is 14.3. The van der Waals surface area contributed by atoms with E-state index in [1.807, 2.05) is 0 Å². The average molecular weight is 306 g/mol. The summed E-state index contributed by atoms with van der Waals surface area (Å²) in [6.45, 7) is 1.03. The molecule has 5 nitrogen and oxygen atoms in total. The van der Waals surface area contributed by atoms with Crippen molar-refractivity contribution in [3.05, 3.63) is 0 Å². The Balaban J connectivity index is 1.42. The Hall–Kier alpha value is -1.26. The van der Waals surface area contributed by atoms with E-state index < -0.39 is 11.4 Å². The third kappa shape index (κ3) is 2.20. The highest BCUT2D eigenvalue weighted by atomic mass is 16.4. The molecule has 3 saturated carbocycles.